The van der Waals surface area contributed by atoms with Crippen LogP contribution < -0.4 is 9.47 Å². The third kappa shape index (κ3) is 6.01. The molecule has 0 spiro atoms. The van der Waals surface area contributed by atoms with Crippen LogP contribution in [0.2, 0.25) is 0 Å². The first-order chi connectivity index (χ1) is 18.3. The summed E-state index contributed by atoms with van der Waals surface area (Å²) in [6, 6.07) is 20.4. The average molecular weight is 536 g/mol. The van der Waals surface area contributed by atoms with E-state index in [0.29, 0.717) is 26.2 Å². The Morgan fingerprint density at radius 3 is 2.32 bits per heavy atom. The predicted octanol–water partition coefficient (Wildman–Crippen LogP) is 3.57. The number of piperazine rings is 1. The molecule has 2 heterocycles. The minimum atomic E-state index is -3.87. The van der Waals surface area contributed by atoms with Gasteiger partial charge in [-0.3, -0.25) is 9.69 Å². The summed E-state index contributed by atoms with van der Waals surface area (Å²) in [6.45, 7) is 7.33. The molecule has 0 aromatic heterocycles. The number of hydrogen-bond donors (Lipinski definition) is 0. The van der Waals surface area contributed by atoms with Crippen LogP contribution in [0.4, 0.5) is 0 Å². The molecule has 0 unspecified atom stereocenters. The number of carbonyl (C=O) groups is 1. The van der Waals surface area contributed by atoms with E-state index in [1.807, 2.05) is 56.3 Å². The Bertz CT molecular complexity index is 1400. The highest BCUT2D eigenvalue weighted by Gasteiger charge is 2.30. The molecule has 2 aliphatic rings. The van der Waals surface area contributed by atoms with Crippen molar-refractivity contribution in [2.24, 2.45) is 0 Å². The maximum Gasteiger partial charge on any atom is 0.243 e. The number of sulfonamides is 1. The van der Waals surface area contributed by atoms with Gasteiger partial charge < -0.3 is 14.4 Å². The van der Waals surface area contributed by atoms with E-state index >= 15 is 0 Å². The number of hydrogen-bond acceptors (Lipinski definition) is 6. The lowest BCUT2D eigenvalue weighted by atomic mass is 10.1. The second-order valence-corrected chi connectivity index (χ2v) is 11.9. The maximum atomic E-state index is 13.6. The molecule has 0 aliphatic carbocycles. The Labute approximate surface area is 224 Å². The fourth-order valence-electron chi connectivity index (χ4n) is 4.80. The topological polar surface area (TPSA) is 79.4 Å². The Morgan fingerprint density at radius 2 is 1.58 bits per heavy atom. The summed E-state index contributed by atoms with van der Waals surface area (Å²) >= 11 is 0. The minimum Gasteiger partial charge on any atom is -0.454 e. The van der Waals surface area contributed by atoms with Crippen LogP contribution in [0, 0.1) is 13.8 Å². The first kappa shape index (κ1) is 26.2. The van der Waals surface area contributed by atoms with Gasteiger partial charge in [0.15, 0.2) is 11.5 Å². The van der Waals surface area contributed by atoms with Crippen molar-refractivity contribution in [2.75, 3.05) is 39.5 Å². The molecule has 0 N–H and O–H groups in total. The molecule has 3 aromatic rings. The Hall–Kier alpha value is -3.40. The highest BCUT2D eigenvalue weighted by Crippen LogP contribution is 2.33. The zero-order chi connectivity index (χ0) is 26.7. The quantitative estimate of drug-likeness (QED) is 0.439. The summed E-state index contributed by atoms with van der Waals surface area (Å²) in [5.41, 5.74) is 3.99. The van der Waals surface area contributed by atoms with E-state index < -0.39 is 10.0 Å². The Kier molecular flexibility index (Phi) is 7.69. The summed E-state index contributed by atoms with van der Waals surface area (Å²) in [5.74, 6) is 1.34. The van der Waals surface area contributed by atoms with Gasteiger partial charge in [0, 0.05) is 39.3 Å². The molecule has 3 aromatic carbocycles. The molecule has 2 aliphatic heterocycles. The van der Waals surface area contributed by atoms with Gasteiger partial charge in [0.25, 0.3) is 0 Å². The van der Waals surface area contributed by atoms with Gasteiger partial charge >= 0.3 is 0 Å². The van der Waals surface area contributed by atoms with Gasteiger partial charge in [0.1, 0.15) is 0 Å². The SMILES string of the molecule is Cc1ccc(S(=O)(=O)N(CC(=O)N2CCN(Cc3ccc4c(c3)OCO4)CC2)Cc2cccc(C)c2)cc1. The summed E-state index contributed by atoms with van der Waals surface area (Å²) in [4.78, 5) is 17.6. The van der Waals surface area contributed by atoms with Crippen LogP contribution >= 0.6 is 0 Å². The van der Waals surface area contributed by atoms with Gasteiger partial charge in [-0.05, 0) is 49.2 Å². The zero-order valence-corrected chi connectivity index (χ0v) is 22.6. The lowest BCUT2D eigenvalue weighted by molar-refractivity contribution is -0.133. The standard InChI is InChI=1S/C29H33N3O5S/c1-22-6-9-26(10-7-22)38(34,35)32(19-24-5-3-4-23(2)16-24)20-29(33)31-14-12-30(13-15-31)18-25-8-11-27-28(17-25)37-21-36-27/h3-11,16-17H,12-15,18-21H2,1-2H3. The van der Waals surface area contributed by atoms with Crippen LogP contribution in [0.25, 0.3) is 0 Å². The van der Waals surface area contributed by atoms with E-state index in [2.05, 4.69) is 4.90 Å². The van der Waals surface area contributed by atoms with E-state index in [-0.39, 0.29) is 30.7 Å². The molecular formula is C29H33N3O5S. The van der Waals surface area contributed by atoms with E-state index in [1.54, 1.807) is 29.2 Å². The van der Waals surface area contributed by atoms with Crippen LogP contribution in [0.1, 0.15) is 22.3 Å². The third-order valence-corrected chi connectivity index (χ3v) is 8.79. The third-order valence-electron chi connectivity index (χ3n) is 6.98. The van der Waals surface area contributed by atoms with Crippen molar-refractivity contribution in [1.29, 1.82) is 0 Å². The van der Waals surface area contributed by atoms with E-state index in [1.165, 1.54) is 4.31 Å². The number of nitrogens with zero attached hydrogens (tertiary/aromatic N) is 3. The first-order valence-electron chi connectivity index (χ1n) is 12.8. The summed E-state index contributed by atoms with van der Waals surface area (Å²) < 4.78 is 39.4. The van der Waals surface area contributed by atoms with Crippen molar-refractivity contribution in [3.8, 4) is 11.5 Å². The smallest absolute Gasteiger partial charge is 0.243 e. The lowest BCUT2D eigenvalue weighted by Crippen LogP contribution is -2.51. The van der Waals surface area contributed by atoms with E-state index in [0.717, 1.165) is 40.3 Å². The number of ether oxygens (including phenoxy) is 2. The van der Waals surface area contributed by atoms with Crippen molar-refractivity contribution in [2.45, 2.75) is 31.8 Å². The molecule has 8 nitrogen and oxygen atoms in total. The van der Waals surface area contributed by atoms with Gasteiger partial charge in [-0.1, -0.05) is 53.6 Å². The van der Waals surface area contributed by atoms with Crippen LogP contribution in [0.5, 0.6) is 11.5 Å². The highest BCUT2D eigenvalue weighted by molar-refractivity contribution is 7.89. The number of aryl methyl sites for hydroxylation is 2. The fraction of sp³-hybridized carbons (Fsp3) is 0.345. The number of rotatable bonds is 8. The first-order valence-corrected chi connectivity index (χ1v) is 14.2. The molecule has 5 rings (SSSR count). The largest absolute Gasteiger partial charge is 0.454 e. The van der Waals surface area contributed by atoms with Gasteiger partial charge in [0.2, 0.25) is 22.7 Å². The monoisotopic (exact) mass is 535 g/mol. The minimum absolute atomic E-state index is 0.133. The molecule has 0 atom stereocenters. The van der Waals surface area contributed by atoms with Crippen molar-refractivity contribution < 1.29 is 22.7 Å². The predicted molar refractivity (Wildman–Crippen MR) is 144 cm³/mol. The second kappa shape index (κ2) is 11.1. The van der Waals surface area contributed by atoms with Gasteiger partial charge in [-0.15, -0.1) is 0 Å². The van der Waals surface area contributed by atoms with Crippen molar-refractivity contribution in [3.05, 3.63) is 89.0 Å². The molecule has 0 saturated carbocycles. The Morgan fingerprint density at radius 1 is 0.842 bits per heavy atom. The highest BCUT2D eigenvalue weighted by atomic mass is 32.2. The molecule has 0 bridgehead atoms. The van der Waals surface area contributed by atoms with Crippen LogP contribution in [0.3, 0.4) is 0 Å². The Balaban J connectivity index is 1.25. The normalized spacial score (nSPS) is 15.7. The van der Waals surface area contributed by atoms with Crippen molar-refractivity contribution >= 4 is 15.9 Å². The molecule has 1 saturated heterocycles. The van der Waals surface area contributed by atoms with E-state index in [9.17, 15) is 13.2 Å². The molecule has 1 amide bonds. The molecule has 200 valence electrons. The average Bonchev–Trinajstić information content (AvgIpc) is 3.37. The van der Waals surface area contributed by atoms with Gasteiger partial charge in [-0.25, -0.2) is 8.42 Å². The summed E-state index contributed by atoms with van der Waals surface area (Å²) in [7, 11) is -3.87. The van der Waals surface area contributed by atoms with Gasteiger partial charge in [-0.2, -0.15) is 4.31 Å². The van der Waals surface area contributed by atoms with Crippen LogP contribution in [0.15, 0.2) is 71.6 Å². The van der Waals surface area contributed by atoms with E-state index in [4.69, 9.17) is 9.47 Å². The molecule has 1 fully saturated rings. The number of carbonyl (C=O) groups excluding carboxylic acids is 1. The van der Waals surface area contributed by atoms with Crippen molar-refractivity contribution in [3.63, 3.8) is 0 Å². The zero-order valence-electron chi connectivity index (χ0n) is 21.8. The molecule has 38 heavy (non-hydrogen) atoms. The molecular weight excluding hydrogens is 502 g/mol. The molecule has 0 radical (unpaired) electrons. The fourth-order valence-corrected chi connectivity index (χ4v) is 6.18. The van der Waals surface area contributed by atoms with Crippen LogP contribution in [-0.4, -0.2) is 67.9 Å². The number of benzene rings is 3. The molecule has 9 heteroatoms. The van der Waals surface area contributed by atoms with Crippen LogP contribution in [-0.2, 0) is 27.9 Å². The lowest BCUT2D eigenvalue weighted by Gasteiger charge is -2.35. The number of amides is 1. The number of fused-ring (bicyclic) bond motifs is 1. The second-order valence-electron chi connectivity index (χ2n) is 9.92. The summed E-state index contributed by atoms with van der Waals surface area (Å²) in [6.07, 6.45) is 0. The maximum absolute atomic E-state index is 13.6. The summed E-state index contributed by atoms with van der Waals surface area (Å²) in [5, 5.41) is 0. The van der Waals surface area contributed by atoms with Crippen molar-refractivity contribution in [1.82, 2.24) is 14.1 Å². The van der Waals surface area contributed by atoms with Gasteiger partial charge in [0.05, 0.1) is 11.4 Å².